The van der Waals surface area contributed by atoms with E-state index < -0.39 is 28.9 Å². The number of fused-ring (bicyclic) bond motifs is 1. The van der Waals surface area contributed by atoms with Crippen molar-refractivity contribution in [3.05, 3.63) is 58.3 Å². The van der Waals surface area contributed by atoms with Crippen molar-refractivity contribution in [2.24, 2.45) is 28.4 Å². The number of allylic oxidation sites excluding steroid dienone is 4. The van der Waals surface area contributed by atoms with Gasteiger partial charge >= 0.3 is 0 Å². The highest BCUT2D eigenvalue weighted by Gasteiger charge is 2.55. The summed E-state index contributed by atoms with van der Waals surface area (Å²) in [5.41, 5.74) is 4.92. The lowest BCUT2D eigenvalue weighted by molar-refractivity contribution is 0.169. The fourth-order valence-corrected chi connectivity index (χ4v) is 4.70. The Morgan fingerprint density at radius 3 is 2.31 bits per heavy atom. The molecule has 0 aliphatic heterocycles. The Balaban J connectivity index is 2.34. The summed E-state index contributed by atoms with van der Waals surface area (Å²) in [6, 6.07) is 9.15. The van der Waals surface area contributed by atoms with E-state index in [4.69, 9.17) is 5.73 Å². The molecular formula is C23H22F2N4. The van der Waals surface area contributed by atoms with E-state index in [0.717, 1.165) is 18.6 Å². The molecule has 0 fully saturated rings. The Morgan fingerprint density at radius 1 is 1.14 bits per heavy atom. The molecule has 0 unspecified atom stereocenters. The van der Waals surface area contributed by atoms with E-state index in [1.54, 1.807) is 0 Å². The average Bonchev–Trinajstić information content (AvgIpc) is 2.67. The maximum atomic E-state index is 14.8. The molecule has 148 valence electrons. The Morgan fingerprint density at radius 2 is 1.79 bits per heavy atom. The molecule has 2 aliphatic rings. The Hall–Kier alpha value is -3.17. The minimum Gasteiger partial charge on any atom is -0.399 e. The molecule has 3 atom stereocenters. The summed E-state index contributed by atoms with van der Waals surface area (Å²) in [5.74, 6) is -2.75. The number of rotatable bonds is 1. The SMILES string of the molecule is CC(C)(C)[C@H]1CC=C2C(C#N)=C(N)C(C#N)(C#N)[C@H](c3ccc(F)cc3F)[C@H]2C1. The van der Waals surface area contributed by atoms with Gasteiger partial charge in [0, 0.05) is 12.0 Å². The predicted octanol–water partition coefficient (Wildman–Crippen LogP) is 4.83. The Bertz CT molecular complexity index is 1030. The Labute approximate surface area is 169 Å². The zero-order valence-electron chi connectivity index (χ0n) is 16.6. The van der Waals surface area contributed by atoms with Crippen LogP contribution in [0.4, 0.5) is 8.78 Å². The maximum Gasteiger partial charge on any atom is 0.191 e. The van der Waals surface area contributed by atoms with Crippen LogP contribution in [0.5, 0.6) is 0 Å². The van der Waals surface area contributed by atoms with E-state index >= 15 is 0 Å². The molecule has 0 aromatic heterocycles. The summed E-state index contributed by atoms with van der Waals surface area (Å²) in [5, 5.41) is 29.7. The summed E-state index contributed by atoms with van der Waals surface area (Å²) >= 11 is 0. The topological polar surface area (TPSA) is 97.4 Å². The third-order valence-corrected chi connectivity index (χ3v) is 6.40. The van der Waals surface area contributed by atoms with Crippen molar-refractivity contribution < 1.29 is 8.78 Å². The number of hydrogen-bond acceptors (Lipinski definition) is 4. The van der Waals surface area contributed by atoms with Gasteiger partial charge in [-0.25, -0.2) is 8.78 Å². The van der Waals surface area contributed by atoms with E-state index in [1.807, 2.05) is 18.2 Å². The molecule has 6 heteroatoms. The number of nitrogens with two attached hydrogens (primary N) is 1. The summed E-state index contributed by atoms with van der Waals surface area (Å²) in [7, 11) is 0. The summed E-state index contributed by atoms with van der Waals surface area (Å²) in [4.78, 5) is 0. The van der Waals surface area contributed by atoms with Crippen LogP contribution in [0, 0.1) is 68.3 Å². The van der Waals surface area contributed by atoms with Crippen molar-refractivity contribution in [1.29, 1.82) is 15.8 Å². The molecule has 1 aromatic rings. The van der Waals surface area contributed by atoms with E-state index in [-0.39, 0.29) is 28.2 Å². The minimum absolute atomic E-state index is 0.0601. The third kappa shape index (κ3) is 3.08. The first-order valence-corrected chi connectivity index (χ1v) is 9.49. The second kappa shape index (κ2) is 7.02. The second-order valence-electron chi connectivity index (χ2n) is 8.88. The van der Waals surface area contributed by atoms with Crippen LogP contribution in [0.3, 0.4) is 0 Å². The number of benzene rings is 1. The molecule has 0 bridgehead atoms. The van der Waals surface area contributed by atoms with Crippen LogP contribution in [0.25, 0.3) is 0 Å². The van der Waals surface area contributed by atoms with Crippen LogP contribution in [0.1, 0.15) is 45.1 Å². The smallest absolute Gasteiger partial charge is 0.191 e. The van der Waals surface area contributed by atoms with Crippen molar-refractivity contribution in [2.75, 3.05) is 0 Å². The monoisotopic (exact) mass is 392 g/mol. The van der Waals surface area contributed by atoms with Crippen molar-refractivity contribution in [3.8, 4) is 18.2 Å². The number of nitrogens with zero attached hydrogens (tertiary/aromatic N) is 3. The normalized spacial score (nSPS) is 25.9. The van der Waals surface area contributed by atoms with Gasteiger partial charge < -0.3 is 5.73 Å². The van der Waals surface area contributed by atoms with Gasteiger partial charge in [-0.3, -0.25) is 0 Å². The van der Waals surface area contributed by atoms with Crippen LogP contribution in [-0.2, 0) is 0 Å². The first-order valence-electron chi connectivity index (χ1n) is 9.49. The molecular weight excluding hydrogens is 370 g/mol. The van der Waals surface area contributed by atoms with Crippen LogP contribution < -0.4 is 5.73 Å². The van der Waals surface area contributed by atoms with Crippen molar-refractivity contribution in [1.82, 2.24) is 0 Å². The van der Waals surface area contributed by atoms with Gasteiger partial charge in [0.2, 0.25) is 0 Å². The average molecular weight is 392 g/mol. The first kappa shape index (κ1) is 20.6. The molecule has 4 nitrogen and oxygen atoms in total. The largest absolute Gasteiger partial charge is 0.399 e. The van der Waals surface area contributed by atoms with Crippen molar-refractivity contribution in [3.63, 3.8) is 0 Å². The molecule has 0 amide bonds. The molecule has 2 aliphatic carbocycles. The first-order chi connectivity index (χ1) is 13.6. The van der Waals surface area contributed by atoms with Gasteiger partial charge in [0.05, 0.1) is 23.4 Å². The summed E-state index contributed by atoms with van der Waals surface area (Å²) < 4.78 is 28.4. The molecule has 3 rings (SSSR count). The highest BCUT2D eigenvalue weighted by atomic mass is 19.1. The van der Waals surface area contributed by atoms with Crippen molar-refractivity contribution in [2.45, 2.75) is 39.5 Å². The van der Waals surface area contributed by atoms with Gasteiger partial charge in [0.15, 0.2) is 5.41 Å². The van der Waals surface area contributed by atoms with Gasteiger partial charge in [0.25, 0.3) is 0 Å². The fraction of sp³-hybridized carbons (Fsp3) is 0.435. The van der Waals surface area contributed by atoms with Crippen LogP contribution in [0.15, 0.2) is 41.1 Å². The molecule has 29 heavy (non-hydrogen) atoms. The van der Waals surface area contributed by atoms with Gasteiger partial charge in [-0.15, -0.1) is 0 Å². The van der Waals surface area contributed by atoms with E-state index in [2.05, 4.69) is 26.8 Å². The van der Waals surface area contributed by atoms with Gasteiger partial charge in [-0.1, -0.05) is 32.9 Å². The number of halogens is 2. The maximum absolute atomic E-state index is 14.8. The minimum atomic E-state index is -1.91. The summed E-state index contributed by atoms with van der Waals surface area (Å²) in [6.45, 7) is 6.30. The quantitative estimate of drug-likeness (QED) is 0.740. The highest BCUT2D eigenvalue weighted by molar-refractivity contribution is 5.59. The van der Waals surface area contributed by atoms with E-state index in [9.17, 15) is 24.6 Å². The van der Waals surface area contributed by atoms with Crippen molar-refractivity contribution >= 4 is 0 Å². The number of nitriles is 3. The molecule has 0 spiro atoms. The molecule has 0 radical (unpaired) electrons. The lowest BCUT2D eigenvalue weighted by Gasteiger charge is -2.47. The zero-order valence-corrected chi connectivity index (χ0v) is 16.6. The second-order valence-corrected chi connectivity index (χ2v) is 8.88. The van der Waals surface area contributed by atoms with E-state index in [1.165, 1.54) is 6.07 Å². The Kier molecular flexibility index (Phi) is 4.97. The van der Waals surface area contributed by atoms with Crippen LogP contribution in [0.2, 0.25) is 0 Å². The molecule has 1 aromatic carbocycles. The number of hydrogen-bond donors (Lipinski definition) is 1. The van der Waals surface area contributed by atoms with Crippen LogP contribution >= 0.6 is 0 Å². The zero-order chi connectivity index (χ0) is 21.6. The van der Waals surface area contributed by atoms with Gasteiger partial charge in [-0.2, -0.15) is 15.8 Å². The lowest BCUT2D eigenvalue weighted by atomic mass is 9.54. The predicted molar refractivity (Wildman–Crippen MR) is 103 cm³/mol. The third-order valence-electron chi connectivity index (χ3n) is 6.40. The van der Waals surface area contributed by atoms with Gasteiger partial charge in [-0.05, 0) is 47.3 Å². The standard InChI is InChI=1S/C23H22F2N4/c1-22(2,3)13-4-6-15-17(8-13)20(16-7-5-14(24)9-19(16)25)23(11-27,12-28)21(29)18(15)10-26/h5-7,9,13,17,20H,4,8,29H2,1-3H3/t13-,17-,20+/m0/s1. The van der Waals surface area contributed by atoms with Crippen LogP contribution in [-0.4, -0.2) is 0 Å². The van der Waals surface area contributed by atoms with E-state index in [0.29, 0.717) is 12.0 Å². The molecule has 0 saturated carbocycles. The lowest BCUT2D eigenvalue weighted by Crippen LogP contribution is -2.44. The van der Waals surface area contributed by atoms with Gasteiger partial charge in [0.1, 0.15) is 17.7 Å². The fourth-order valence-electron chi connectivity index (χ4n) is 4.70. The highest BCUT2D eigenvalue weighted by Crippen LogP contribution is 2.58. The molecule has 0 heterocycles. The molecule has 0 saturated heterocycles. The summed E-state index contributed by atoms with van der Waals surface area (Å²) in [6.07, 6.45) is 3.22. The molecule has 2 N–H and O–H groups in total.